The lowest BCUT2D eigenvalue weighted by molar-refractivity contribution is 0.780. The van der Waals surface area contributed by atoms with Gasteiger partial charge in [0.05, 0.1) is 5.52 Å². The van der Waals surface area contributed by atoms with Crippen LogP contribution >= 0.6 is 0 Å². The van der Waals surface area contributed by atoms with Crippen LogP contribution < -0.4 is 11.1 Å². The highest BCUT2D eigenvalue weighted by Gasteiger charge is 2.02. The van der Waals surface area contributed by atoms with E-state index in [1.54, 1.807) is 0 Å². The van der Waals surface area contributed by atoms with Gasteiger partial charge in [-0.2, -0.15) is 5.10 Å². The lowest BCUT2D eigenvalue weighted by Crippen LogP contribution is -2.13. The summed E-state index contributed by atoms with van der Waals surface area (Å²) in [5, 5.41) is 8.74. The van der Waals surface area contributed by atoms with Crippen LogP contribution in [0.5, 0.6) is 0 Å². The summed E-state index contributed by atoms with van der Waals surface area (Å²) in [4.78, 5) is 0. The topological polar surface area (TPSA) is 55.9 Å². The van der Waals surface area contributed by atoms with Crippen LogP contribution in [0.2, 0.25) is 0 Å². The van der Waals surface area contributed by atoms with Crippen LogP contribution in [0.15, 0.2) is 24.4 Å². The van der Waals surface area contributed by atoms with Gasteiger partial charge in [-0.1, -0.05) is 6.07 Å². The highest BCUT2D eigenvalue weighted by molar-refractivity contribution is 5.90. The first kappa shape index (κ1) is 9.02. The maximum absolute atomic E-state index is 5.44. The quantitative estimate of drug-likeness (QED) is 0.757. The smallest absolute Gasteiger partial charge is 0.0944 e. The third-order valence-corrected chi connectivity index (χ3v) is 2.12. The summed E-state index contributed by atoms with van der Waals surface area (Å²) in [5.74, 6) is 0. The van der Waals surface area contributed by atoms with E-state index in [9.17, 15) is 0 Å². The number of aryl methyl sites for hydroxylation is 1. The van der Waals surface area contributed by atoms with E-state index in [4.69, 9.17) is 5.73 Å². The number of fused-ring (bicyclic) bond motifs is 1. The zero-order chi connectivity index (χ0) is 9.97. The second-order valence-corrected chi connectivity index (χ2v) is 3.26. The van der Waals surface area contributed by atoms with E-state index in [1.165, 1.54) is 0 Å². The van der Waals surface area contributed by atoms with Gasteiger partial charge in [-0.3, -0.25) is 4.68 Å². The Morgan fingerprint density at radius 2 is 2.36 bits per heavy atom. The molecule has 1 heterocycles. The number of nitrogens with two attached hydrogens (primary N) is 1. The molecule has 1 aromatic carbocycles. The van der Waals surface area contributed by atoms with E-state index in [2.05, 4.69) is 10.4 Å². The summed E-state index contributed by atoms with van der Waals surface area (Å²) in [6.45, 7) is 1.42. The zero-order valence-corrected chi connectivity index (χ0v) is 8.20. The van der Waals surface area contributed by atoms with Crippen molar-refractivity contribution in [2.45, 2.75) is 0 Å². The van der Waals surface area contributed by atoms with Gasteiger partial charge >= 0.3 is 0 Å². The van der Waals surface area contributed by atoms with E-state index in [-0.39, 0.29) is 0 Å². The molecule has 0 spiro atoms. The van der Waals surface area contributed by atoms with Gasteiger partial charge in [0.15, 0.2) is 0 Å². The molecular formula is C10H14N4. The number of nitrogens with zero attached hydrogens (tertiary/aromatic N) is 2. The predicted molar refractivity (Wildman–Crippen MR) is 58.3 cm³/mol. The monoisotopic (exact) mass is 190 g/mol. The molecule has 74 valence electrons. The summed E-state index contributed by atoms with van der Waals surface area (Å²) in [7, 11) is 1.92. The number of aromatic nitrogens is 2. The molecule has 0 aliphatic heterocycles. The molecule has 0 aliphatic carbocycles. The van der Waals surface area contributed by atoms with Gasteiger partial charge in [0.25, 0.3) is 0 Å². The number of anilines is 1. The third kappa shape index (κ3) is 1.56. The van der Waals surface area contributed by atoms with Crippen molar-refractivity contribution in [2.24, 2.45) is 12.8 Å². The molecule has 14 heavy (non-hydrogen) atoms. The molecule has 0 radical (unpaired) electrons. The second-order valence-electron chi connectivity index (χ2n) is 3.26. The van der Waals surface area contributed by atoms with Crippen LogP contribution in [0.1, 0.15) is 0 Å². The first-order chi connectivity index (χ1) is 6.81. The van der Waals surface area contributed by atoms with Crippen molar-refractivity contribution in [3.05, 3.63) is 24.4 Å². The lowest BCUT2D eigenvalue weighted by atomic mass is 10.2. The third-order valence-electron chi connectivity index (χ3n) is 2.12. The Labute approximate surface area is 82.7 Å². The fraction of sp³-hybridized carbons (Fsp3) is 0.300. The molecule has 0 saturated carbocycles. The summed E-state index contributed by atoms with van der Waals surface area (Å²) in [5.41, 5.74) is 7.55. The minimum atomic E-state index is 0.636. The molecule has 0 saturated heterocycles. The normalized spacial score (nSPS) is 10.7. The molecule has 0 fully saturated rings. The average Bonchev–Trinajstić information content (AvgIpc) is 2.55. The molecule has 3 N–H and O–H groups in total. The van der Waals surface area contributed by atoms with Gasteiger partial charge in [-0.05, 0) is 12.1 Å². The van der Waals surface area contributed by atoms with Gasteiger partial charge in [-0.15, -0.1) is 0 Å². The highest BCUT2D eigenvalue weighted by atomic mass is 15.2. The molecule has 0 amide bonds. The maximum Gasteiger partial charge on any atom is 0.0944 e. The SMILES string of the molecule is Cn1cc2c(NCCN)cccc2n1. The Hall–Kier alpha value is -1.55. The van der Waals surface area contributed by atoms with Gasteiger partial charge in [0, 0.05) is 37.4 Å². The molecule has 0 atom stereocenters. The van der Waals surface area contributed by atoms with Crippen molar-refractivity contribution in [3.8, 4) is 0 Å². The molecule has 4 nitrogen and oxygen atoms in total. The molecular weight excluding hydrogens is 176 g/mol. The van der Waals surface area contributed by atoms with E-state index in [1.807, 2.05) is 36.1 Å². The van der Waals surface area contributed by atoms with Crippen LogP contribution in [0.4, 0.5) is 5.69 Å². The van der Waals surface area contributed by atoms with Crippen LogP contribution in [-0.4, -0.2) is 22.9 Å². The predicted octanol–water partition coefficient (Wildman–Crippen LogP) is 0.944. The van der Waals surface area contributed by atoms with E-state index >= 15 is 0 Å². The largest absolute Gasteiger partial charge is 0.383 e. The fourth-order valence-electron chi connectivity index (χ4n) is 1.52. The summed E-state index contributed by atoms with van der Waals surface area (Å²) >= 11 is 0. The van der Waals surface area contributed by atoms with Crippen molar-refractivity contribution < 1.29 is 0 Å². The molecule has 4 heteroatoms. The van der Waals surface area contributed by atoms with Gasteiger partial charge in [0.2, 0.25) is 0 Å². The van der Waals surface area contributed by atoms with Crippen molar-refractivity contribution in [1.29, 1.82) is 0 Å². The first-order valence-corrected chi connectivity index (χ1v) is 4.67. The summed E-state index contributed by atoms with van der Waals surface area (Å²) < 4.78 is 1.82. The standard InChI is InChI=1S/C10H14N4/c1-14-7-8-9(12-6-5-11)3-2-4-10(8)13-14/h2-4,7,12H,5-6,11H2,1H3. The Kier molecular flexibility index (Phi) is 2.37. The molecule has 2 aromatic rings. The van der Waals surface area contributed by atoms with Crippen molar-refractivity contribution in [2.75, 3.05) is 18.4 Å². The molecule has 2 rings (SSSR count). The fourth-order valence-corrected chi connectivity index (χ4v) is 1.52. The second kappa shape index (κ2) is 3.67. The van der Waals surface area contributed by atoms with E-state index in [0.29, 0.717) is 6.54 Å². The van der Waals surface area contributed by atoms with E-state index in [0.717, 1.165) is 23.1 Å². The maximum atomic E-state index is 5.44. The van der Waals surface area contributed by atoms with Crippen molar-refractivity contribution >= 4 is 16.6 Å². The highest BCUT2D eigenvalue weighted by Crippen LogP contribution is 2.21. The number of rotatable bonds is 3. The van der Waals surface area contributed by atoms with Gasteiger partial charge in [-0.25, -0.2) is 0 Å². The molecule has 0 aliphatic rings. The van der Waals surface area contributed by atoms with E-state index < -0.39 is 0 Å². The van der Waals surface area contributed by atoms with Crippen LogP contribution in [0.25, 0.3) is 10.9 Å². The molecule has 0 unspecified atom stereocenters. The summed E-state index contributed by atoms with van der Waals surface area (Å²) in [6.07, 6.45) is 2.01. The Balaban J connectivity index is 2.42. The van der Waals surface area contributed by atoms with Crippen LogP contribution in [-0.2, 0) is 7.05 Å². The molecule has 0 bridgehead atoms. The van der Waals surface area contributed by atoms with Crippen LogP contribution in [0, 0.1) is 0 Å². The average molecular weight is 190 g/mol. The van der Waals surface area contributed by atoms with Crippen LogP contribution in [0.3, 0.4) is 0 Å². The summed E-state index contributed by atoms with van der Waals surface area (Å²) in [6, 6.07) is 6.04. The van der Waals surface area contributed by atoms with Gasteiger partial charge in [0.1, 0.15) is 0 Å². The number of hydrogen-bond acceptors (Lipinski definition) is 3. The van der Waals surface area contributed by atoms with Crippen molar-refractivity contribution in [3.63, 3.8) is 0 Å². The minimum Gasteiger partial charge on any atom is -0.383 e. The minimum absolute atomic E-state index is 0.636. The van der Waals surface area contributed by atoms with Gasteiger partial charge < -0.3 is 11.1 Å². The molecule has 1 aromatic heterocycles. The number of nitrogens with one attached hydrogen (secondary N) is 1. The Morgan fingerprint density at radius 3 is 3.14 bits per heavy atom. The lowest BCUT2D eigenvalue weighted by Gasteiger charge is -2.04. The Morgan fingerprint density at radius 1 is 1.50 bits per heavy atom. The number of hydrogen-bond donors (Lipinski definition) is 2. The van der Waals surface area contributed by atoms with Crippen molar-refractivity contribution in [1.82, 2.24) is 9.78 Å². The Bertz CT molecular complexity index is 433. The zero-order valence-electron chi connectivity index (χ0n) is 8.20. The first-order valence-electron chi connectivity index (χ1n) is 4.67. The number of benzene rings is 1.